The molecule has 0 aromatic carbocycles. The van der Waals surface area contributed by atoms with Crippen LogP contribution in [0.3, 0.4) is 0 Å². The summed E-state index contributed by atoms with van der Waals surface area (Å²) in [6.07, 6.45) is 1.02. The Morgan fingerprint density at radius 1 is 0.750 bits per heavy atom. The summed E-state index contributed by atoms with van der Waals surface area (Å²) in [7, 11) is 0. The number of hydrogen-bond donors (Lipinski definition) is 3. The Kier molecular flexibility index (Phi) is 7.74. The van der Waals surface area contributed by atoms with Crippen LogP contribution in [0.2, 0.25) is 0 Å². The van der Waals surface area contributed by atoms with E-state index in [-0.39, 0.29) is 17.7 Å². The van der Waals surface area contributed by atoms with E-state index in [2.05, 4.69) is 12.1 Å². The Morgan fingerprint density at radius 2 is 1.00 bits per heavy atom. The molecule has 0 spiro atoms. The van der Waals surface area contributed by atoms with Gasteiger partial charge in [-0.05, 0) is 0 Å². The second kappa shape index (κ2) is 8.23. The molecule has 90 valence electrons. The summed E-state index contributed by atoms with van der Waals surface area (Å²) in [5.41, 5.74) is 0. The number of hydrogen-bond acceptors (Lipinski definition) is 3. The number of rotatable bonds is 6. The topological polar surface area (TPSA) is 87.3 Å². The normalized spacial score (nSPS) is 9.19. The molecule has 0 saturated carbocycles. The van der Waals surface area contributed by atoms with Crippen LogP contribution in [-0.4, -0.2) is 34.7 Å². The van der Waals surface area contributed by atoms with Gasteiger partial charge in [0, 0.05) is 0 Å². The second-order valence-electron chi connectivity index (χ2n) is 3.20. The van der Waals surface area contributed by atoms with Crippen LogP contribution in [0.5, 0.6) is 0 Å². The van der Waals surface area contributed by atoms with Crippen molar-refractivity contribution < 1.29 is 14.4 Å². The van der Waals surface area contributed by atoms with Crippen molar-refractivity contribution in [1.82, 2.24) is 12.1 Å². The third-order valence-corrected chi connectivity index (χ3v) is 5.72. The molecule has 0 aromatic rings. The molecule has 0 bridgehead atoms. The van der Waals surface area contributed by atoms with Crippen LogP contribution in [0, 0.1) is 0 Å². The molecule has 16 heavy (non-hydrogen) atoms. The van der Waals surface area contributed by atoms with Crippen molar-refractivity contribution in [3.63, 3.8) is 0 Å². The molecule has 0 rings (SSSR count). The molecule has 0 saturated heterocycles. The van der Waals surface area contributed by atoms with E-state index in [1.54, 1.807) is 20.8 Å². The molecule has 0 aliphatic heterocycles. The van der Waals surface area contributed by atoms with Crippen LogP contribution in [0.15, 0.2) is 0 Å². The number of amides is 3. The molecule has 0 fully saturated rings. The first-order valence-corrected chi connectivity index (χ1v) is 9.04. The van der Waals surface area contributed by atoms with Gasteiger partial charge in [0.2, 0.25) is 0 Å². The van der Waals surface area contributed by atoms with Crippen LogP contribution in [0.1, 0.15) is 40.0 Å². The van der Waals surface area contributed by atoms with Crippen LogP contribution < -0.4 is 12.1 Å². The van der Waals surface area contributed by atoms with E-state index in [0.717, 1.165) is 0 Å². The van der Waals surface area contributed by atoms with Gasteiger partial charge >= 0.3 is 101 Å². The van der Waals surface area contributed by atoms with Gasteiger partial charge in [-0.1, -0.05) is 0 Å². The van der Waals surface area contributed by atoms with E-state index in [0.29, 0.717) is 19.3 Å². The van der Waals surface area contributed by atoms with Crippen molar-refractivity contribution in [2.75, 3.05) is 0 Å². The Hall–Kier alpha value is -0.954. The molecule has 0 atom stereocenters. The zero-order valence-corrected chi connectivity index (χ0v) is 12.3. The molecule has 3 N–H and O–H groups in total. The summed E-state index contributed by atoms with van der Waals surface area (Å²) in [5.74, 6) is -0.464. The second-order valence-corrected chi connectivity index (χ2v) is 6.83. The van der Waals surface area contributed by atoms with Crippen molar-refractivity contribution in [2.24, 2.45) is 0 Å². The quantitative estimate of drug-likeness (QED) is 0.578. The third-order valence-electron chi connectivity index (χ3n) is 1.88. The summed E-state index contributed by atoms with van der Waals surface area (Å²) < 4.78 is 8.05. The summed E-state index contributed by atoms with van der Waals surface area (Å²) in [6, 6.07) is 0. The third kappa shape index (κ3) is 6.52. The van der Waals surface area contributed by atoms with Gasteiger partial charge in [-0.15, -0.1) is 0 Å². The summed E-state index contributed by atoms with van der Waals surface area (Å²) in [6.45, 7) is 5.16. The first kappa shape index (κ1) is 15.0. The molecule has 7 heteroatoms. The van der Waals surface area contributed by atoms with Crippen molar-refractivity contribution in [2.45, 2.75) is 40.0 Å². The Morgan fingerprint density at radius 3 is 1.19 bits per heavy atom. The van der Waals surface area contributed by atoms with Crippen molar-refractivity contribution in [1.29, 1.82) is 0 Å². The predicted octanol–water partition coefficient (Wildman–Crippen LogP) is -0.450. The minimum absolute atomic E-state index is 0.155. The van der Waals surface area contributed by atoms with Crippen LogP contribution >= 0.6 is 0 Å². The Balaban J connectivity index is 4.31. The van der Waals surface area contributed by atoms with Gasteiger partial charge in [-0.2, -0.15) is 0 Å². The average molecular weight is 286 g/mol. The number of carbonyl (C=O) groups excluding carboxylic acids is 3. The molecule has 0 unspecified atom stereocenters. The molecule has 0 aliphatic carbocycles. The van der Waals surface area contributed by atoms with E-state index < -0.39 is 16.9 Å². The molecule has 0 radical (unpaired) electrons. The van der Waals surface area contributed by atoms with Gasteiger partial charge in [-0.3, -0.25) is 0 Å². The standard InChI is InChI=1S/3C3H7NO.Ga/c3*1-2-3(4)5;/h3*2H2,1H3,(H2,4,5);/q;;;+3/p-3. The van der Waals surface area contributed by atoms with Crippen LogP contribution in [-0.2, 0) is 14.4 Å². The van der Waals surface area contributed by atoms with Gasteiger partial charge in [0.15, 0.2) is 0 Å². The zero-order chi connectivity index (χ0) is 12.6. The first-order valence-electron chi connectivity index (χ1n) is 5.41. The summed E-state index contributed by atoms with van der Waals surface area (Å²) in [5, 5.41) is 0. The van der Waals surface area contributed by atoms with Crippen molar-refractivity contribution in [3.8, 4) is 0 Å². The fourth-order valence-electron chi connectivity index (χ4n) is 0.897. The maximum absolute atomic E-state index is 11.2. The van der Waals surface area contributed by atoms with E-state index in [4.69, 9.17) is 0 Å². The zero-order valence-electron chi connectivity index (χ0n) is 9.92. The molecular formula is C9H18GaN3O3. The predicted molar refractivity (Wildman–Crippen MR) is 61.1 cm³/mol. The van der Waals surface area contributed by atoms with Crippen LogP contribution in [0.4, 0.5) is 0 Å². The van der Waals surface area contributed by atoms with Gasteiger partial charge in [0.05, 0.1) is 0 Å². The van der Waals surface area contributed by atoms with Crippen molar-refractivity contribution in [3.05, 3.63) is 0 Å². The molecule has 0 heterocycles. The van der Waals surface area contributed by atoms with E-state index >= 15 is 0 Å². The molecule has 3 amide bonds. The Labute approximate surface area is 101 Å². The fraction of sp³-hybridized carbons (Fsp3) is 0.667. The van der Waals surface area contributed by atoms with E-state index in [1.807, 2.05) is 0 Å². The minimum atomic E-state index is -2.76. The fourth-order valence-corrected chi connectivity index (χ4v) is 4.66. The first-order chi connectivity index (χ1) is 7.53. The molecule has 6 nitrogen and oxygen atoms in total. The van der Waals surface area contributed by atoms with Gasteiger partial charge in [-0.25, -0.2) is 0 Å². The molecular weight excluding hydrogens is 268 g/mol. The molecule has 0 aromatic heterocycles. The van der Waals surface area contributed by atoms with Gasteiger partial charge in [0.25, 0.3) is 0 Å². The van der Waals surface area contributed by atoms with E-state index in [1.165, 1.54) is 0 Å². The average Bonchev–Trinajstić information content (AvgIpc) is 2.28. The Bertz CT molecular complexity index is 228. The summed E-state index contributed by atoms with van der Waals surface area (Å²) >= 11 is -2.76. The SMILES string of the molecule is CCC(=O)[NH][Ga]([NH]C(=O)CC)[NH]C(=O)CC. The van der Waals surface area contributed by atoms with E-state index in [9.17, 15) is 14.4 Å². The van der Waals surface area contributed by atoms with Gasteiger partial charge in [0.1, 0.15) is 0 Å². The summed E-state index contributed by atoms with van der Waals surface area (Å²) in [4.78, 5) is 33.6. The molecule has 0 aliphatic rings. The number of nitrogens with one attached hydrogen (secondary N) is 3. The maximum atomic E-state index is 11.2. The number of carbonyl (C=O) groups is 3. The van der Waals surface area contributed by atoms with Crippen molar-refractivity contribution >= 4 is 34.7 Å². The monoisotopic (exact) mass is 285 g/mol. The van der Waals surface area contributed by atoms with Gasteiger partial charge < -0.3 is 0 Å². The van der Waals surface area contributed by atoms with Crippen LogP contribution in [0.25, 0.3) is 0 Å².